The lowest BCUT2D eigenvalue weighted by atomic mass is 10.1. The van der Waals surface area contributed by atoms with E-state index in [1.54, 1.807) is 6.07 Å². The lowest BCUT2D eigenvalue weighted by Crippen LogP contribution is -1.89. The second kappa shape index (κ2) is 4.42. The van der Waals surface area contributed by atoms with Crippen molar-refractivity contribution in [3.63, 3.8) is 0 Å². The summed E-state index contributed by atoms with van der Waals surface area (Å²) in [5, 5.41) is 13.0. The molecule has 2 aromatic rings. The van der Waals surface area contributed by atoms with Gasteiger partial charge in [0.2, 0.25) is 5.89 Å². The van der Waals surface area contributed by atoms with Crippen LogP contribution in [0.3, 0.4) is 0 Å². The third-order valence-electron chi connectivity index (χ3n) is 1.90. The number of hydrogen-bond donors (Lipinski definition) is 1. The molecule has 0 atom stereocenters. The van der Waals surface area contributed by atoms with Gasteiger partial charge in [-0.15, -0.1) is 0 Å². The lowest BCUT2D eigenvalue weighted by Gasteiger charge is -1.96. The van der Waals surface area contributed by atoms with E-state index in [4.69, 9.17) is 21.2 Å². The largest absolute Gasteiger partial charge is 0.388 e. The minimum absolute atomic E-state index is 0.209. The Balaban J connectivity index is 2.14. The summed E-state index contributed by atoms with van der Waals surface area (Å²) in [7, 11) is 0. The second-order valence-corrected chi connectivity index (χ2v) is 3.51. The molecule has 5 heteroatoms. The van der Waals surface area contributed by atoms with Crippen LogP contribution in [0, 0.1) is 0 Å². The summed E-state index contributed by atoms with van der Waals surface area (Å²) in [6, 6.07) is 7.43. The molecule has 2 rings (SSSR count). The van der Waals surface area contributed by atoms with Crippen LogP contribution >= 0.6 is 11.6 Å². The van der Waals surface area contributed by atoms with E-state index in [0.29, 0.717) is 23.2 Å². The fourth-order valence-electron chi connectivity index (χ4n) is 1.25. The SMILES string of the molecule is OCc1noc(Cc2cccc(Cl)c2)n1. The molecular weight excluding hydrogens is 216 g/mol. The number of benzene rings is 1. The second-order valence-electron chi connectivity index (χ2n) is 3.07. The van der Waals surface area contributed by atoms with Gasteiger partial charge in [-0.3, -0.25) is 0 Å². The van der Waals surface area contributed by atoms with Crippen molar-refractivity contribution >= 4 is 11.6 Å². The number of aliphatic hydroxyl groups is 1. The Labute approximate surface area is 91.5 Å². The molecule has 1 heterocycles. The molecule has 0 spiro atoms. The van der Waals surface area contributed by atoms with Crippen LogP contribution in [0.25, 0.3) is 0 Å². The van der Waals surface area contributed by atoms with Gasteiger partial charge in [-0.2, -0.15) is 4.98 Å². The summed E-state index contributed by atoms with van der Waals surface area (Å²) >= 11 is 5.84. The standard InChI is InChI=1S/C10H9ClN2O2/c11-8-3-1-2-7(4-8)5-10-12-9(6-14)13-15-10/h1-4,14H,5-6H2. The smallest absolute Gasteiger partial charge is 0.231 e. The van der Waals surface area contributed by atoms with Crippen LogP contribution in [0.1, 0.15) is 17.3 Å². The Morgan fingerprint density at radius 3 is 2.93 bits per heavy atom. The van der Waals surface area contributed by atoms with Crippen molar-refractivity contribution in [3.8, 4) is 0 Å². The Kier molecular flexibility index (Phi) is 2.99. The van der Waals surface area contributed by atoms with Gasteiger partial charge in [0.25, 0.3) is 0 Å². The Morgan fingerprint density at radius 2 is 2.27 bits per heavy atom. The predicted octanol–water partition coefficient (Wildman–Crippen LogP) is 1.81. The van der Waals surface area contributed by atoms with E-state index < -0.39 is 0 Å². The molecule has 0 aliphatic rings. The van der Waals surface area contributed by atoms with Crippen molar-refractivity contribution in [1.82, 2.24) is 10.1 Å². The van der Waals surface area contributed by atoms with E-state index in [2.05, 4.69) is 10.1 Å². The highest BCUT2D eigenvalue weighted by atomic mass is 35.5. The molecule has 0 aliphatic carbocycles. The fraction of sp³-hybridized carbons (Fsp3) is 0.200. The zero-order valence-electron chi connectivity index (χ0n) is 7.85. The van der Waals surface area contributed by atoms with Gasteiger partial charge in [-0.25, -0.2) is 0 Å². The van der Waals surface area contributed by atoms with Crippen molar-refractivity contribution in [2.24, 2.45) is 0 Å². The van der Waals surface area contributed by atoms with Crippen molar-refractivity contribution in [2.45, 2.75) is 13.0 Å². The fourth-order valence-corrected chi connectivity index (χ4v) is 1.46. The van der Waals surface area contributed by atoms with Crippen LogP contribution in [0.15, 0.2) is 28.8 Å². The van der Waals surface area contributed by atoms with Gasteiger partial charge in [0.1, 0.15) is 6.61 Å². The molecule has 78 valence electrons. The predicted molar refractivity (Wildman–Crippen MR) is 54.5 cm³/mol. The number of hydrogen-bond acceptors (Lipinski definition) is 4. The minimum atomic E-state index is -0.209. The molecule has 0 bridgehead atoms. The van der Waals surface area contributed by atoms with Crippen molar-refractivity contribution in [3.05, 3.63) is 46.6 Å². The first kappa shape index (κ1) is 10.1. The summed E-state index contributed by atoms with van der Waals surface area (Å²) in [4.78, 5) is 3.98. The zero-order valence-corrected chi connectivity index (χ0v) is 8.61. The van der Waals surface area contributed by atoms with E-state index in [-0.39, 0.29) is 6.61 Å². The van der Waals surface area contributed by atoms with Crippen molar-refractivity contribution in [1.29, 1.82) is 0 Å². The zero-order chi connectivity index (χ0) is 10.7. The quantitative estimate of drug-likeness (QED) is 0.864. The van der Waals surface area contributed by atoms with Gasteiger partial charge < -0.3 is 9.63 Å². The van der Waals surface area contributed by atoms with E-state index >= 15 is 0 Å². The van der Waals surface area contributed by atoms with Gasteiger partial charge >= 0.3 is 0 Å². The molecule has 1 aromatic carbocycles. The monoisotopic (exact) mass is 224 g/mol. The molecule has 0 unspecified atom stereocenters. The van der Waals surface area contributed by atoms with Crippen LogP contribution in [0.4, 0.5) is 0 Å². The molecule has 0 saturated carbocycles. The maximum Gasteiger partial charge on any atom is 0.231 e. The van der Waals surface area contributed by atoms with E-state index in [1.165, 1.54) is 0 Å². The highest BCUT2D eigenvalue weighted by molar-refractivity contribution is 6.30. The maximum absolute atomic E-state index is 8.76. The first-order valence-electron chi connectivity index (χ1n) is 4.44. The average molecular weight is 225 g/mol. The number of halogens is 1. The molecular formula is C10H9ClN2O2. The van der Waals surface area contributed by atoms with Crippen LogP contribution < -0.4 is 0 Å². The maximum atomic E-state index is 8.76. The molecule has 4 nitrogen and oxygen atoms in total. The Hall–Kier alpha value is -1.39. The number of aliphatic hydroxyl groups excluding tert-OH is 1. The van der Waals surface area contributed by atoms with Crippen LogP contribution in [0.2, 0.25) is 5.02 Å². The number of nitrogens with zero attached hydrogens (tertiary/aromatic N) is 2. The highest BCUT2D eigenvalue weighted by Crippen LogP contribution is 2.13. The lowest BCUT2D eigenvalue weighted by molar-refractivity contribution is 0.263. The van der Waals surface area contributed by atoms with Gasteiger partial charge in [-0.05, 0) is 17.7 Å². The van der Waals surface area contributed by atoms with Gasteiger partial charge in [0, 0.05) is 5.02 Å². The molecule has 15 heavy (non-hydrogen) atoms. The summed E-state index contributed by atoms with van der Waals surface area (Å²) < 4.78 is 4.94. The summed E-state index contributed by atoms with van der Waals surface area (Å²) in [6.45, 7) is -0.209. The Morgan fingerprint density at radius 1 is 1.40 bits per heavy atom. The topological polar surface area (TPSA) is 59.2 Å². The van der Waals surface area contributed by atoms with E-state index in [1.807, 2.05) is 18.2 Å². The number of aromatic nitrogens is 2. The average Bonchev–Trinajstić information content (AvgIpc) is 2.65. The summed E-state index contributed by atoms with van der Waals surface area (Å²) in [6.07, 6.45) is 0.521. The first-order valence-corrected chi connectivity index (χ1v) is 4.82. The van der Waals surface area contributed by atoms with Crippen molar-refractivity contribution in [2.75, 3.05) is 0 Å². The van der Waals surface area contributed by atoms with Crippen LogP contribution in [0.5, 0.6) is 0 Å². The van der Waals surface area contributed by atoms with Crippen molar-refractivity contribution < 1.29 is 9.63 Å². The first-order chi connectivity index (χ1) is 7.28. The molecule has 1 N–H and O–H groups in total. The van der Waals surface area contributed by atoms with Crippen LogP contribution in [-0.4, -0.2) is 15.2 Å². The van der Waals surface area contributed by atoms with Gasteiger partial charge in [-0.1, -0.05) is 28.9 Å². The normalized spacial score (nSPS) is 10.5. The van der Waals surface area contributed by atoms with Gasteiger partial charge in [0.15, 0.2) is 5.82 Å². The molecule has 0 radical (unpaired) electrons. The Bertz CT molecular complexity index is 456. The summed E-state index contributed by atoms with van der Waals surface area (Å²) in [5.74, 6) is 0.772. The minimum Gasteiger partial charge on any atom is -0.388 e. The van der Waals surface area contributed by atoms with E-state index in [0.717, 1.165) is 5.56 Å². The van der Waals surface area contributed by atoms with Gasteiger partial charge in [0.05, 0.1) is 6.42 Å². The summed E-state index contributed by atoms with van der Waals surface area (Å²) in [5.41, 5.74) is 0.996. The molecule has 0 saturated heterocycles. The molecule has 0 amide bonds. The third kappa shape index (κ3) is 2.55. The molecule has 0 fully saturated rings. The number of rotatable bonds is 3. The molecule has 1 aromatic heterocycles. The third-order valence-corrected chi connectivity index (χ3v) is 2.13. The van der Waals surface area contributed by atoms with E-state index in [9.17, 15) is 0 Å². The highest BCUT2D eigenvalue weighted by Gasteiger charge is 2.06. The van der Waals surface area contributed by atoms with Crippen LogP contribution in [-0.2, 0) is 13.0 Å². The molecule has 0 aliphatic heterocycles.